The summed E-state index contributed by atoms with van der Waals surface area (Å²) in [4.78, 5) is 25.7. The number of rotatable bonds is 6. The van der Waals surface area contributed by atoms with E-state index in [2.05, 4.69) is 87.4 Å². The van der Waals surface area contributed by atoms with Gasteiger partial charge in [0.1, 0.15) is 11.6 Å². The molecule has 0 radical (unpaired) electrons. The molecular formula is C39H57N9. The van der Waals surface area contributed by atoms with Gasteiger partial charge in [0.2, 0.25) is 0 Å². The molecule has 3 N–H and O–H groups in total. The largest absolute Gasteiger partial charge is 0.382 e. The summed E-state index contributed by atoms with van der Waals surface area (Å²) < 4.78 is 0. The zero-order chi connectivity index (χ0) is 35.9. The van der Waals surface area contributed by atoms with E-state index >= 15 is 0 Å². The fourth-order valence-corrected chi connectivity index (χ4v) is 4.03. The van der Waals surface area contributed by atoms with Crippen molar-refractivity contribution in [2.75, 3.05) is 16.0 Å². The van der Waals surface area contributed by atoms with E-state index in [-0.39, 0.29) is 0 Å². The molecule has 258 valence electrons. The highest BCUT2D eigenvalue weighted by Gasteiger charge is 2.01. The molecule has 0 amide bonds. The normalized spacial score (nSPS) is 9.81. The van der Waals surface area contributed by atoms with Crippen molar-refractivity contribution in [2.24, 2.45) is 0 Å². The first-order valence-electron chi connectivity index (χ1n) is 17.2. The average Bonchev–Trinajstić information content (AvgIpc) is 3.10. The van der Waals surface area contributed by atoms with Crippen molar-refractivity contribution in [3.8, 4) is 0 Å². The molecule has 0 saturated carbocycles. The third-order valence-electron chi connectivity index (χ3n) is 5.73. The standard InChI is InChI=1S/3C11H13N3.3C2H6/c1-8(2)13-10-6-5-9-4-3-7-12-11(9)14-10;1-8(2)14-9-6-11-10(13-7-9)4-3-5-12-11;1-8(2)14-11-6-10-9(7-13-11)4-3-5-12-10;3*1-2/h3-8H,1-2H3,(H,12,13,14);3-8,14H,1-2H3;3-8H,1-2H3,(H,13,14);3*1-2H3. The van der Waals surface area contributed by atoms with E-state index in [1.54, 1.807) is 18.6 Å². The molecule has 6 heterocycles. The van der Waals surface area contributed by atoms with E-state index in [1.165, 1.54) is 0 Å². The van der Waals surface area contributed by atoms with E-state index in [1.807, 2.05) is 115 Å². The minimum atomic E-state index is 0.392. The molecule has 0 aliphatic heterocycles. The molecule has 6 aromatic rings. The van der Waals surface area contributed by atoms with Gasteiger partial charge in [0, 0.05) is 59.8 Å². The van der Waals surface area contributed by atoms with E-state index in [9.17, 15) is 0 Å². The van der Waals surface area contributed by atoms with Gasteiger partial charge in [-0.3, -0.25) is 15.0 Å². The zero-order valence-corrected chi connectivity index (χ0v) is 31.1. The van der Waals surface area contributed by atoms with E-state index in [0.717, 1.165) is 50.3 Å². The minimum absolute atomic E-state index is 0.392. The van der Waals surface area contributed by atoms with Gasteiger partial charge in [-0.25, -0.2) is 15.0 Å². The van der Waals surface area contributed by atoms with Gasteiger partial charge in [-0.05, 0) is 96.1 Å². The first-order chi connectivity index (χ1) is 23.3. The van der Waals surface area contributed by atoms with Crippen molar-refractivity contribution in [1.29, 1.82) is 0 Å². The van der Waals surface area contributed by atoms with Crippen LogP contribution in [0.1, 0.15) is 83.1 Å². The summed E-state index contributed by atoms with van der Waals surface area (Å²) >= 11 is 0. The number of fused-ring (bicyclic) bond motifs is 3. The summed E-state index contributed by atoms with van der Waals surface area (Å²) in [7, 11) is 0. The fraction of sp³-hybridized carbons (Fsp3) is 0.385. The first-order valence-corrected chi connectivity index (χ1v) is 17.2. The minimum Gasteiger partial charge on any atom is -0.382 e. The molecule has 0 aliphatic rings. The van der Waals surface area contributed by atoms with Gasteiger partial charge in [-0.2, -0.15) is 0 Å². The van der Waals surface area contributed by atoms with Gasteiger partial charge in [0.25, 0.3) is 0 Å². The number of anilines is 3. The van der Waals surface area contributed by atoms with Crippen LogP contribution in [-0.2, 0) is 0 Å². The highest BCUT2D eigenvalue weighted by molar-refractivity contribution is 5.80. The molecule has 0 bridgehead atoms. The van der Waals surface area contributed by atoms with Crippen LogP contribution in [0.4, 0.5) is 17.3 Å². The molecule has 6 aromatic heterocycles. The highest BCUT2D eigenvalue weighted by Crippen LogP contribution is 2.16. The van der Waals surface area contributed by atoms with E-state index in [0.29, 0.717) is 18.1 Å². The number of hydrogen-bond acceptors (Lipinski definition) is 9. The molecular weight excluding hydrogens is 594 g/mol. The second-order valence-corrected chi connectivity index (χ2v) is 10.7. The Hall–Kier alpha value is -4.92. The molecule has 0 unspecified atom stereocenters. The molecule has 0 fully saturated rings. The van der Waals surface area contributed by atoms with Crippen molar-refractivity contribution in [3.63, 3.8) is 0 Å². The van der Waals surface area contributed by atoms with E-state index in [4.69, 9.17) is 0 Å². The fourth-order valence-electron chi connectivity index (χ4n) is 4.03. The Morgan fingerprint density at radius 1 is 0.458 bits per heavy atom. The summed E-state index contributed by atoms with van der Waals surface area (Å²) in [6, 6.07) is 20.9. The Bertz CT molecular complexity index is 1520. The summed E-state index contributed by atoms with van der Waals surface area (Å²) in [5.74, 6) is 1.76. The smallest absolute Gasteiger partial charge is 0.161 e. The average molecular weight is 652 g/mol. The van der Waals surface area contributed by atoms with Crippen LogP contribution in [0.3, 0.4) is 0 Å². The molecule has 0 atom stereocenters. The van der Waals surface area contributed by atoms with Crippen LogP contribution in [0, 0.1) is 0 Å². The van der Waals surface area contributed by atoms with Gasteiger partial charge >= 0.3 is 0 Å². The number of hydrogen-bond donors (Lipinski definition) is 3. The summed E-state index contributed by atoms with van der Waals surface area (Å²) in [6.07, 6.45) is 9.01. The number of pyridine rings is 6. The van der Waals surface area contributed by atoms with Crippen molar-refractivity contribution in [1.82, 2.24) is 29.9 Å². The topological polar surface area (TPSA) is 113 Å². The number of aromatic nitrogens is 6. The first kappa shape index (κ1) is 41.1. The Balaban J connectivity index is 0.000000333. The molecule has 6 rings (SSSR count). The predicted molar refractivity (Wildman–Crippen MR) is 209 cm³/mol. The lowest BCUT2D eigenvalue weighted by atomic mass is 10.2. The second kappa shape index (κ2) is 23.4. The van der Waals surface area contributed by atoms with Crippen molar-refractivity contribution in [3.05, 3.63) is 91.6 Å². The van der Waals surface area contributed by atoms with Crippen LogP contribution in [0.15, 0.2) is 91.6 Å². The number of nitrogens with zero attached hydrogens (tertiary/aromatic N) is 6. The van der Waals surface area contributed by atoms with Crippen molar-refractivity contribution >= 4 is 50.3 Å². The third kappa shape index (κ3) is 14.7. The summed E-state index contributed by atoms with van der Waals surface area (Å²) in [5, 5.41) is 11.9. The molecule has 0 aromatic carbocycles. The Kier molecular flexibility index (Phi) is 20.0. The van der Waals surface area contributed by atoms with Gasteiger partial charge in [-0.15, -0.1) is 0 Å². The third-order valence-corrected chi connectivity index (χ3v) is 5.73. The van der Waals surface area contributed by atoms with E-state index < -0.39 is 0 Å². The lowest BCUT2D eigenvalue weighted by Crippen LogP contribution is -2.10. The molecule has 0 spiro atoms. The maximum absolute atomic E-state index is 4.39. The summed E-state index contributed by atoms with van der Waals surface area (Å²) in [5.41, 5.74) is 4.65. The Morgan fingerprint density at radius 3 is 1.67 bits per heavy atom. The van der Waals surface area contributed by atoms with Crippen LogP contribution in [0.5, 0.6) is 0 Å². The molecule has 0 saturated heterocycles. The SMILES string of the molecule is CC.CC.CC.CC(C)Nc1cc2ncccc2cn1.CC(C)Nc1ccc2cccnc2n1.CC(C)Nc1cnc2cccnc2c1. The lowest BCUT2D eigenvalue weighted by Gasteiger charge is -2.09. The van der Waals surface area contributed by atoms with Gasteiger partial charge in [-0.1, -0.05) is 41.5 Å². The number of nitrogens with one attached hydrogen (secondary N) is 3. The molecule has 0 aliphatic carbocycles. The highest BCUT2D eigenvalue weighted by atomic mass is 15.0. The molecule has 9 nitrogen and oxygen atoms in total. The molecule has 48 heavy (non-hydrogen) atoms. The van der Waals surface area contributed by atoms with Crippen LogP contribution in [0.2, 0.25) is 0 Å². The maximum atomic E-state index is 4.39. The zero-order valence-electron chi connectivity index (χ0n) is 31.1. The van der Waals surface area contributed by atoms with Crippen LogP contribution < -0.4 is 16.0 Å². The van der Waals surface area contributed by atoms with Crippen LogP contribution >= 0.6 is 0 Å². The van der Waals surface area contributed by atoms with Crippen LogP contribution in [-0.4, -0.2) is 48.0 Å². The quantitative estimate of drug-likeness (QED) is 0.162. The predicted octanol–water partition coefficient (Wildman–Crippen LogP) is 10.4. The Labute approximate surface area is 288 Å². The lowest BCUT2D eigenvalue weighted by molar-refractivity contribution is 0.890. The van der Waals surface area contributed by atoms with Crippen molar-refractivity contribution in [2.45, 2.75) is 101 Å². The van der Waals surface area contributed by atoms with Crippen LogP contribution in [0.25, 0.3) is 33.0 Å². The molecule has 9 heteroatoms. The monoisotopic (exact) mass is 651 g/mol. The van der Waals surface area contributed by atoms with Crippen molar-refractivity contribution < 1.29 is 0 Å². The van der Waals surface area contributed by atoms with Gasteiger partial charge in [0.05, 0.1) is 28.4 Å². The van der Waals surface area contributed by atoms with Gasteiger partial charge in [0.15, 0.2) is 5.65 Å². The second-order valence-electron chi connectivity index (χ2n) is 10.7. The van der Waals surface area contributed by atoms with Gasteiger partial charge < -0.3 is 16.0 Å². The maximum Gasteiger partial charge on any atom is 0.161 e. The summed E-state index contributed by atoms with van der Waals surface area (Å²) in [6.45, 7) is 24.6. The Morgan fingerprint density at radius 2 is 1.02 bits per heavy atom.